The first-order valence-electron chi connectivity index (χ1n) is 7.16. The summed E-state index contributed by atoms with van der Waals surface area (Å²) in [7, 11) is 0. The van der Waals surface area contributed by atoms with Gasteiger partial charge in [0.15, 0.2) is 5.69 Å². The van der Waals surface area contributed by atoms with Crippen LogP contribution in [0, 0.1) is 5.92 Å². The van der Waals surface area contributed by atoms with Gasteiger partial charge in [-0.15, -0.1) is 0 Å². The van der Waals surface area contributed by atoms with Gasteiger partial charge in [-0.1, -0.05) is 5.16 Å². The average molecular weight is 286 g/mol. The van der Waals surface area contributed by atoms with Crippen molar-refractivity contribution in [1.82, 2.24) is 15.5 Å². The molecule has 2 aromatic rings. The summed E-state index contributed by atoms with van der Waals surface area (Å²) in [6, 6.07) is 5.62. The van der Waals surface area contributed by atoms with Crippen LogP contribution in [0.25, 0.3) is 0 Å². The lowest BCUT2D eigenvalue weighted by molar-refractivity contribution is 0.0936. The molecular weight excluding hydrogens is 268 g/mol. The lowest BCUT2D eigenvalue weighted by Crippen LogP contribution is -2.41. The number of amides is 1. The summed E-state index contributed by atoms with van der Waals surface area (Å²) in [6.07, 6.45) is 7.28. The molecule has 0 bridgehead atoms. The van der Waals surface area contributed by atoms with Crippen molar-refractivity contribution in [2.24, 2.45) is 5.92 Å². The summed E-state index contributed by atoms with van der Waals surface area (Å²) >= 11 is 0. The minimum absolute atomic E-state index is 0.176. The highest BCUT2D eigenvalue weighted by Crippen LogP contribution is 2.22. The van der Waals surface area contributed by atoms with Gasteiger partial charge in [-0.2, -0.15) is 0 Å². The second kappa shape index (κ2) is 6.39. The molecule has 1 aliphatic rings. The molecule has 21 heavy (non-hydrogen) atoms. The van der Waals surface area contributed by atoms with E-state index in [0.29, 0.717) is 18.2 Å². The third-order valence-electron chi connectivity index (χ3n) is 3.77. The number of nitrogens with zero attached hydrogens (tertiary/aromatic N) is 3. The Balaban J connectivity index is 1.53. The van der Waals surface area contributed by atoms with E-state index in [1.807, 2.05) is 24.5 Å². The van der Waals surface area contributed by atoms with Crippen molar-refractivity contribution in [2.75, 3.05) is 24.5 Å². The Morgan fingerprint density at radius 2 is 2.24 bits per heavy atom. The number of piperidine rings is 1. The van der Waals surface area contributed by atoms with Gasteiger partial charge in [0, 0.05) is 43.8 Å². The van der Waals surface area contributed by atoms with Crippen LogP contribution in [-0.4, -0.2) is 35.7 Å². The van der Waals surface area contributed by atoms with E-state index in [1.165, 1.54) is 12.0 Å². The summed E-state index contributed by atoms with van der Waals surface area (Å²) in [4.78, 5) is 18.2. The van der Waals surface area contributed by atoms with Gasteiger partial charge in [0.25, 0.3) is 5.91 Å². The van der Waals surface area contributed by atoms with Crippen molar-refractivity contribution < 1.29 is 9.32 Å². The normalized spacial score (nSPS) is 18.5. The molecular formula is C15H18N4O2. The quantitative estimate of drug-likeness (QED) is 0.926. The fraction of sp³-hybridized carbons (Fsp3) is 0.400. The summed E-state index contributed by atoms with van der Waals surface area (Å²) in [5.74, 6) is 0.271. The molecule has 3 heterocycles. The summed E-state index contributed by atoms with van der Waals surface area (Å²) in [6.45, 7) is 2.66. The molecule has 1 N–H and O–H groups in total. The van der Waals surface area contributed by atoms with Crippen LogP contribution in [-0.2, 0) is 0 Å². The van der Waals surface area contributed by atoms with E-state index < -0.39 is 0 Å². The van der Waals surface area contributed by atoms with Crippen LogP contribution in [0.3, 0.4) is 0 Å². The van der Waals surface area contributed by atoms with Crippen LogP contribution in [0.2, 0.25) is 0 Å². The number of hydrogen-bond donors (Lipinski definition) is 1. The van der Waals surface area contributed by atoms with E-state index in [1.54, 1.807) is 6.07 Å². The molecule has 2 aromatic heterocycles. The first-order valence-corrected chi connectivity index (χ1v) is 7.16. The van der Waals surface area contributed by atoms with Crippen molar-refractivity contribution >= 4 is 11.6 Å². The number of rotatable bonds is 4. The monoisotopic (exact) mass is 286 g/mol. The van der Waals surface area contributed by atoms with Crippen molar-refractivity contribution in [2.45, 2.75) is 12.8 Å². The van der Waals surface area contributed by atoms with Gasteiger partial charge in [-0.05, 0) is 30.9 Å². The molecule has 1 amide bonds. The molecule has 6 heteroatoms. The second-order valence-electron chi connectivity index (χ2n) is 5.25. The Kier molecular flexibility index (Phi) is 4.14. The predicted molar refractivity (Wildman–Crippen MR) is 78.0 cm³/mol. The maximum atomic E-state index is 11.8. The van der Waals surface area contributed by atoms with Crippen LogP contribution in [0.5, 0.6) is 0 Å². The van der Waals surface area contributed by atoms with Gasteiger partial charge < -0.3 is 14.7 Å². The molecule has 0 saturated carbocycles. The number of hydrogen-bond acceptors (Lipinski definition) is 5. The molecule has 0 radical (unpaired) electrons. The molecule has 0 aliphatic carbocycles. The lowest BCUT2D eigenvalue weighted by Gasteiger charge is -2.34. The van der Waals surface area contributed by atoms with E-state index in [0.717, 1.165) is 25.9 Å². The Labute approximate surface area is 123 Å². The van der Waals surface area contributed by atoms with Gasteiger partial charge in [0.1, 0.15) is 6.26 Å². The Hall–Kier alpha value is -2.37. The summed E-state index contributed by atoms with van der Waals surface area (Å²) in [5.41, 5.74) is 1.52. The zero-order valence-corrected chi connectivity index (χ0v) is 11.7. The third-order valence-corrected chi connectivity index (χ3v) is 3.77. The largest absolute Gasteiger partial charge is 0.371 e. The SMILES string of the molecule is O=C(NCC1CCCN(c2ccncc2)C1)c1ccon1. The number of nitrogens with one attached hydrogen (secondary N) is 1. The van der Waals surface area contributed by atoms with E-state index in [-0.39, 0.29) is 5.91 Å². The molecule has 1 aliphatic heterocycles. The Morgan fingerprint density at radius 3 is 3.00 bits per heavy atom. The molecule has 110 valence electrons. The van der Waals surface area contributed by atoms with Gasteiger partial charge in [-0.3, -0.25) is 9.78 Å². The molecule has 0 spiro atoms. The van der Waals surface area contributed by atoms with Gasteiger partial charge in [0.2, 0.25) is 0 Å². The first-order chi connectivity index (χ1) is 10.3. The van der Waals surface area contributed by atoms with E-state index >= 15 is 0 Å². The number of pyridine rings is 1. The maximum absolute atomic E-state index is 11.8. The topological polar surface area (TPSA) is 71.3 Å². The first kappa shape index (κ1) is 13.6. The second-order valence-corrected chi connectivity index (χ2v) is 5.25. The zero-order chi connectivity index (χ0) is 14.5. The average Bonchev–Trinajstić information content (AvgIpc) is 3.08. The summed E-state index contributed by atoms with van der Waals surface area (Å²) in [5, 5.41) is 6.56. The van der Waals surface area contributed by atoms with Crippen molar-refractivity contribution in [3.8, 4) is 0 Å². The van der Waals surface area contributed by atoms with Gasteiger partial charge in [-0.25, -0.2) is 0 Å². The van der Waals surface area contributed by atoms with Crippen molar-refractivity contribution in [3.05, 3.63) is 42.5 Å². The third kappa shape index (κ3) is 3.39. The standard InChI is InChI=1S/C15H18N4O2/c20-15(14-5-9-21-18-14)17-10-12-2-1-8-19(11-12)13-3-6-16-7-4-13/h3-7,9,12H,1-2,8,10-11H2,(H,17,20). The zero-order valence-electron chi connectivity index (χ0n) is 11.7. The predicted octanol–water partition coefficient (Wildman–Crippen LogP) is 1.72. The van der Waals surface area contributed by atoms with E-state index in [9.17, 15) is 4.79 Å². The van der Waals surface area contributed by atoms with Crippen molar-refractivity contribution in [3.63, 3.8) is 0 Å². The van der Waals surface area contributed by atoms with Crippen LogP contribution in [0.4, 0.5) is 5.69 Å². The Bertz CT molecular complexity index is 571. The maximum Gasteiger partial charge on any atom is 0.273 e. The fourth-order valence-electron chi connectivity index (χ4n) is 2.68. The van der Waals surface area contributed by atoms with Crippen LogP contribution < -0.4 is 10.2 Å². The summed E-state index contributed by atoms with van der Waals surface area (Å²) < 4.78 is 4.68. The van der Waals surface area contributed by atoms with E-state index in [2.05, 4.69) is 24.9 Å². The molecule has 1 fully saturated rings. The van der Waals surface area contributed by atoms with Gasteiger partial charge in [0.05, 0.1) is 0 Å². The van der Waals surface area contributed by atoms with Crippen molar-refractivity contribution in [1.29, 1.82) is 0 Å². The molecule has 1 saturated heterocycles. The minimum Gasteiger partial charge on any atom is -0.371 e. The molecule has 3 rings (SSSR count). The highest BCUT2D eigenvalue weighted by Gasteiger charge is 2.21. The minimum atomic E-state index is -0.176. The van der Waals surface area contributed by atoms with E-state index in [4.69, 9.17) is 0 Å². The number of carbonyl (C=O) groups excluding carboxylic acids is 1. The molecule has 1 unspecified atom stereocenters. The molecule has 0 aromatic carbocycles. The number of anilines is 1. The molecule has 1 atom stereocenters. The fourth-order valence-corrected chi connectivity index (χ4v) is 2.68. The Morgan fingerprint density at radius 1 is 1.38 bits per heavy atom. The lowest BCUT2D eigenvalue weighted by atomic mass is 9.97. The highest BCUT2D eigenvalue weighted by atomic mass is 16.5. The van der Waals surface area contributed by atoms with Crippen LogP contribution in [0.1, 0.15) is 23.3 Å². The van der Waals surface area contributed by atoms with Crippen LogP contribution >= 0.6 is 0 Å². The number of carbonyl (C=O) groups is 1. The highest BCUT2D eigenvalue weighted by molar-refractivity contribution is 5.91. The van der Waals surface area contributed by atoms with Crippen LogP contribution in [0.15, 0.2) is 41.4 Å². The number of aromatic nitrogens is 2. The smallest absolute Gasteiger partial charge is 0.273 e. The molecule has 6 nitrogen and oxygen atoms in total. The van der Waals surface area contributed by atoms with Gasteiger partial charge >= 0.3 is 0 Å².